The number of thiocarbonyl (C=S) groups is 1. The Bertz CT molecular complexity index is 414. The summed E-state index contributed by atoms with van der Waals surface area (Å²) in [5.74, 6) is -0.176. The van der Waals surface area contributed by atoms with E-state index >= 15 is 0 Å². The third kappa shape index (κ3) is 3.57. The van der Waals surface area contributed by atoms with Gasteiger partial charge in [-0.15, -0.1) is 0 Å². The van der Waals surface area contributed by atoms with E-state index in [0.29, 0.717) is 5.56 Å². The molecule has 5 heteroatoms. The number of halogens is 1. The second kappa shape index (κ2) is 5.41. The first-order valence-corrected chi connectivity index (χ1v) is 5.97. The van der Waals surface area contributed by atoms with Crippen molar-refractivity contribution in [1.29, 1.82) is 0 Å². The fourth-order valence-electron chi connectivity index (χ4n) is 1.22. The Morgan fingerprint density at radius 3 is 2.62 bits per heavy atom. The minimum absolute atomic E-state index is 0.176. The SMILES string of the molecule is Cc1cc(Br)cc(C(=O)NC(C)C(N)=S)c1. The number of nitrogens with one attached hydrogen (secondary N) is 1. The summed E-state index contributed by atoms with van der Waals surface area (Å²) in [5.41, 5.74) is 7.04. The maximum absolute atomic E-state index is 11.8. The number of nitrogens with two attached hydrogens (primary N) is 1. The Hall–Kier alpha value is -0.940. The van der Waals surface area contributed by atoms with Crippen molar-refractivity contribution in [2.24, 2.45) is 5.73 Å². The fraction of sp³-hybridized carbons (Fsp3) is 0.273. The molecular weight excluding hydrogens is 288 g/mol. The average Bonchev–Trinajstić information content (AvgIpc) is 2.15. The van der Waals surface area contributed by atoms with E-state index in [0.717, 1.165) is 10.0 Å². The summed E-state index contributed by atoms with van der Waals surface area (Å²) < 4.78 is 0.876. The van der Waals surface area contributed by atoms with Gasteiger partial charge in [0, 0.05) is 10.0 Å². The van der Waals surface area contributed by atoms with E-state index in [4.69, 9.17) is 18.0 Å². The molecule has 1 amide bonds. The van der Waals surface area contributed by atoms with Crippen molar-refractivity contribution >= 4 is 39.0 Å². The molecule has 1 unspecified atom stereocenters. The van der Waals surface area contributed by atoms with E-state index in [2.05, 4.69) is 21.2 Å². The van der Waals surface area contributed by atoms with Crippen LogP contribution in [0.25, 0.3) is 0 Å². The molecule has 3 nitrogen and oxygen atoms in total. The highest BCUT2D eigenvalue weighted by molar-refractivity contribution is 9.10. The predicted molar refractivity (Wildman–Crippen MR) is 72.6 cm³/mol. The summed E-state index contributed by atoms with van der Waals surface area (Å²) in [6.07, 6.45) is 0. The minimum atomic E-state index is -0.304. The normalized spacial score (nSPS) is 11.9. The lowest BCUT2D eigenvalue weighted by molar-refractivity contribution is 0.0949. The Morgan fingerprint density at radius 2 is 2.12 bits per heavy atom. The highest BCUT2D eigenvalue weighted by Gasteiger charge is 2.12. The van der Waals surface area contributed by atoms with Gasteiger partial charge >= 0.3 is 0 Å². The number of hydrogen-bond donors (Lipinski definition) is 2. The van der Waals surface area contributed by atoms with Crippen molar-refractivity contribution in [3.05, 3.63) is 33.8 Å². The molecule has 0 aliphatic rings. The number of aryl methyl sites for hydroxylation is 1. The van der Waals surface area contributed by atoms with Crippen LogP contribution in [0.3, 0.4) is 0 Å². The number of amides is 1. The topological polar surface area (TPSA) is 55.1 Å². The van der Waals surface area contributed by atoms with E-state index in [1.54, 1.807) is 13.0 Å². The van der Waals surface area contributed by atoms with Crippen molar-refractivity contribution < 1.29 is 4.79 Å². The minimum Gasteiger partial charge on any atom is -0.392 e. The van der Waals surface area contributed by atoms with Gasteiger partial charge in [-0.2, -0.15) is 0 Å². The summed E-state index contributed by atoms with van der Waals surface area (Å²) in [4.78, 5) is 12.1. The van der Waals surface area contributed by atoms with Gasteiger partial charge in [0.05, 0.1) is 11.0 Å². The molecule has 1 aromatic carbocycles. The van der Waals surface area contributed by atoms with Crippen molar-refractivity contribution in [2.75, 3.05) is 0 Å². The monoisotopic (exact) mass is 300 g/mol. The summed E-state index contributed by atoms with van der Waals surface area (Å²) in [7, 11) is 0. The van der Waals surface area contributed by atoms with Crippen LogP contribution in [-0.4, -0.2) is 16.9 Å². The summed E-state index contributed by atoms with van der Waals surface area (Å²) in [6.45, 7) is 3.68. The first kappa shape index (κ1) is 13.1. The molecule has 0 fully saturated rings. The van der Waals surface area contributed by atoms with Gasteiger partial charge in [0.1, 0.15) is 0 Å². The number of carbonyl (C=O) groups is 1. The van der Waals surface area contributed by atoms with Crippen LogP contribution in [0.4, 0.5) is 0 Å². The molecule has 1 aromatic rings. The van der Waals surface area contributed by atoms with E-state index < -0.39 is 0 Å². The molecule has 0 aliphatic heterocycles. The lowest BCUT2D eigenvalue weighted by atomic mass is 10.1. The molecule has 86 valence electrons. The zero-order valence-corrected chi connectivity index (χ0v) is 11.5. The van der Waals surface area contributed by atoms with E-state index in [9.17, 15) is 4.79 Å². The van der Waals surface area contributed by atoms with Crippen LogP contribution >= 0.6 is 28.1 Å². The van der Waals surface area contributed by atoms with Gasteiger partial charge in [-0.1, -0.05) is 28.1 Å². The molecule has 0 heterocycles. The van der Waals surface area contributed by atoms with E-state index in [1.165, 1.54) is 0 Å². The number of benzene rings is 1. The number of rotatable bonds is 3. The number of hydrogen-bond acceptors (Lipinski definition) is 2. The molecule has 1 atom stereocenters. The summed E-state index contributed by atoms with van der Waals surface area (Å²) in [5, 5.41) is 2.72. The zero-order chi connectivity index (χ0) is 12.3. The van der Waals surface area contributed by atoms with Crippen LogP contribution in [0.5, 0.6) is 0 Å². The average molecular weight is 301 g/mol. The quantitative estimate of drug-likeness (QED) is 0.841. The van der Waals surface area contributed by atoms with Crippen molar-refractivity contribution in [2.45, 2.75) is 19.9 Å². The van der Waals surface area contributed by atoms with Crippen molar-refractivity contribution in [3.8, 4) is 0 Å². The van der Waals surface area contributed by atoms with Crippen LogP contribution in [0, 0.1) is 6.92 Å². The maximum atomic E-state index is 11.8. The van der Waals surface area contributed by atoms with Crippen LogP contribution in [-0.2, 0) is 0 Å². The van der Waals surface area contributed by atoms with E-state index in [1.807, 2.05) is 19.1 Å². The molecule has 0 saturated carbocycles. The highest BCUT2D eigenvalue weighted by atomic mass is 79.9. The van der Waals surface area contributed by atoms with Crippen molar-refractivity contribution in [3.63, 3.8) is 0 Å². The smallest absolute Gasteiger partial charge is 0.251 e. The third-order valence-corrected chi connectivity index (χ3v) is 2.89. The van der Waals surface area contributed by atoms with Crippen LogP contribution in [0.2, 0.25) is 0 Å². The van der Waals surface area contributed by atoms with Crippen LogP contribution < -0.4 is 11.1 Å². The number of carbonyl (C=O) groups excluding carboxylic acids is 1. The Balaban J connectivity index is 2.84. The first-order valence-electron chi connectivity index (χ1n) is 4.77. The molecule has 3 N–H and O–H groups in total. The van der Waals surface area contributed by atoms with Gasteiger partial charge < -0.3 is 11.1 Å². The molecule has 0 radical (unpaired) electrons. The Labute approximate surface area is 109 Å². The second-order valence-corrected chi connectivity index (χ2v) is 5.00. The van der Waals surface area contributed by atoms with Gasteiger partial charge in [-0.3, -0.25) is 4.79 Å². The van der Waals surface area contributed by atoms with Gasteiger partial charge in [-0.25, -0.2) is 0 Å². The molecule has 0 aromatic heterocycles. The standard InChI is InChI=1S/C11H13BrN2OS/c1-6-3-8(5-9(12)4-6)11(15)14-7(2)10(13)16/h3-5,7H,1-2H3,(H2,13,16)(H,14,15). The summed E-state index contributed by atoms with van der Waals surface area (Å²) in [6, 6.07) is 5.20. The molecule has 0 saturated heterocycles. The second-order valence-electron chi connectivity index (χ2n) is 3.61. The molecule has 0 aliphatic carbocycles. The largest absolute Gasteiger partial charge is 0.392 e. The molecule has 0 bridgehead atoms. The van der Waals surface area contributed by atoms with Gasteiger partial charge in [0.2, 0.25) is 0 Å². The zero-order valence-electron chi connectivity index (χ0n) is 9.08. The van der Waals surface area contributed by atoms with E-state index in [-0.39, 0.29) is 16.9 Å². The highest BCUT2D eigenvalue weighted by Crippen LogP contribution is 2.15. The van der Waals surface area contributed by atoms with Crippen LogP contribution in [0.15, 0.2) is 22.7 Å². The molecule has 0 spiro atoms. The molecule has 1 rings (SSSR count). The van der Waals surface area contributed by atoms with Gasteiger partial charge in [0.15, 0.2) is 0 Å². The first-order chi connectivity index (χ1) is 7.40. The van der Waals surface area contributed by atoms with Gasteiger partial charge in [-0.05, 0) is 37.6 Å². The molecule has 16 heavy (non-hydrogen) atoms. The Morgan fingerprint density at radius 1 is 1.50 bits per heavy atom. The van der Waals surface area contributed by atoms with Crippen molar-refractivity contribution in [1.82, 2.24) is 5.32 Å². The Kier molecular flexibility index (Phi) is 4.44. The van der Waals surface area contributed by atoms with Crippen LogP contribution in [0.1, 0.15) is 22.8 Å². The van der Waals surface area contributed by atoms with Gasteiger partial charge in [0.25, 0.3) is 5.91 Å². The lowest BCUT2D eigenvalue weighted by Crippen LogP contribution is -2.41. The molecular formula is C11H13BrN2OS. The maximum Gasteiger partial charge on any atom is 0.251 e. The predicted octanol–water partition coefficient (Wildman–Crippen LogP) is 2.16. The third-order valence-electron chi connectivity index (χ3n) is 2.08. The summed E-state index contributed by atoms with van der Waals surface area (Å²) >= 11 is 8.14. The fourth-order valence-corrected chi connectivity index (χ4v) is 1.89. The lowest BCUT2D eigenvalue weighted by Gasteiger charge is -2.12.